The van der Waals surface area contributed by atoms with Gasteiger partial charge in [0.05, 0.1) is 19.6 Å². The van der Waals surface area contributed by atoms with E-state index in [1.54, 1.807) is 29.2 Å². The summed E-state index contributed by atoms with van der Waals surface area (Å²) < 4.78 is 10.1. The second kappa shape index (κ2) is 8.43. The molecule has 138 valence electrons. The molecule has 2 amide bonds. The van der Waals surface area contributed by atoms with Gasteiger partial charge in [-0.05, 0) is 24.1 Å². The Morgan fingerprint density at radius 2 is 1.92 bits per heavy atom. The third-order valence-electron chi connectivity index (χ3n) is 3.97. The number of nitrogens with zero attached hydrogens (tertiary/aromatic N) is 3. The zero-order chi connectivity index (χ0) is 18.4. The Balaban J connectivity index is 1.46. The largest absolute Gasteiger partial charge is 0.508 e. The highest BCUT2D eigenvalue weighted by Gasteiger charge is 2.21. The molecule has 0 bridgehead atoms. The summed E-state index contributed by atoms with van der Waals surface area (Å²) in [5.74, 6) is -0.386. The molecular weight excluding hydrogens is 340 g/mol. The Morgan fingerprint density at radius 1 is 1.19 bits per heavy atom. The average Bonchev–Trinajstić information content (AvgIpc) is 3.12. The zero-order valence-electron chi connectivity index (χ0n) is 14.2. The molecule has 1 fully saturated rings. The number of aromatic nitrogens is 2. The summed E-state index contributed by atoms with van der Waals surface area (Å²) in [6, 6.07) is 6.74. The fourth-order valence-corrected chi connectivity index (χ4v) is 2.54. The van der Waals surface area contributed by atoms with Crippen molar-refractivity contribution in [3.05, 3.63) is 41.5 Å². The summed E-state index contributed by atoms with van der Waals surface area (Å²) in [6.07, 6.45) is 0.590. The van der Waals surface area contributed by atoms with Crippen molar-refractivity contribution in [1.29, 1.82) is 0 Å². The first-order valence-electron chi connectivity index (χ1n) is 8.36. The van der Waals surface area contributed by atoms with Crippen molar-refractivity contribution in [1.82, 2.24) is 20.4 Å². The van der Waals surface area contributed by atoms with E-state index in [0.29, 0.717) is 39.3 Å². The van der Waals surface area contributed by atoms with Crippen LogP contribution in [0.4, 0.5) is 0 Å². The van der Waals surface area contributed by atoms with Gasteiger partial charge in [0, 0.05) is 19.6 Å². The smallest absolute Gasteiger partial charge is 0.315 e. The summed E-state index contributed by atoms with van der Waals surface area (Å²) in [4.78, 5) is 29.8. The van der Waals surface area contributed by atoms with Gasteiger partial charge in [-0.3, -0.25) is 9.59 Å². The molecule has 1 aromatic heterocycles. The van der Waals surface area contributed by atoms with E-state index >= 15 is 0 Å². The topological polar surface area (TPSA) is 118 Å². The fraction of sp³-hybridized carbons (Fsp3) is 0.412. The number of carbonyl (C=O) groups excluding carboxylic acids is 2. The zero-order valence-corrected chi connectivity index (χ0v) is 14.2. The van der Waals surface area contributed by atoms with Crippen LogP contribution in [0.25, 0.3) is 0 Å². The van der Waals surface area contributed by atoms with Gasteiger partial charge in [0.15, 0.2) is 5.82 Å². The molecule has 9 heteroatoms. The van der Waals surface area contributed by atoms with E-state index in [-0.39, 0.29) is 29.8 Å². The van der Waals surface area contributed by atoms with Crippen molar-refractivity contribution < 1.29 is 24.0 Å². The number of benzene rings is 1. The number of carbonyl (C=O) groups is 2. The maximum Gasteiger partial charge on any atom is 0.315 e. The molecule has 0 spiro atoms. The van der Waals surface area contributed by atoms with Crippen LogP contribution in [0, 0.1) is 0 Å². The van der Waals surface area contributed by atoms with Gasteiger partial charge < -0.3 is 24.6 Å². The highest BCUT2D eigenvalue weighted by atomic mass is 16.5. The van der Waals surface area contributed by atoms with Gasteiger partial charge in [0.1, 0.15) is 5.75 Å². The first kappa shape index (κ1) is 17.9. The highest BCUT2D eigenvalue weighted by Crippen LogP contribution is 2.09. The molecule has 2 aromatic rings. The van der Waals surface area contributed by atoms with Gasteiger partial charge in [-0.25, -0.2) is 0 Å². The number of hydrogen-bond acceptors (Lipinski definition) is 7. The van der Waals surface area contributed by atoms with Gasteiger partial charge in [-0.1, -0.05) is 17.3 Å². The van der Waals surface area contributed by atoms with Crippen LogP contribution in [0.3, 0.4) is 0 Å². The third-order valence-corrected chi connectivity index (χ3v) is 3.97. The molecule has 2 heterocycles. The lowest BCUT2D eigenvalue weighted by atomic mass is 10.1. The Morgan fingerprint density at radius 3 is 2.65 bits per heavy atom. The quantitative estimate of drug-likeness (QED) is 0.753. The molecule has 0 radical (unpaired) electrons. The number of hydrogen-bond donors (Lipinski definition) is 2. The van der Waals surface area contributed by atoms with Crippen LogP contribution in [0.5, 0.6) is 5.75 Å². The van der Waals surface area contributed by atoms with Gasteiger partial charge >= 0.3 is 11.8 Å². The molecule has 3 rings (SSSR count). The van der Waals surface area contributed by atoms with Crippen molar-refractivity contribution in [2.75, 3.05) is 32.8 Å². The van der Waals surface area contributed by atoms with Crippen LogP contribution in [-0.4, -0.2) is 64.8 Å². The van der Waals surface area contributed by atoms with E-state index in [0.717, 1.165) is 5.56 Å². The Kier molecular flexibility index (Phi) is 5.80. The van der Waals surface area contributed by atoms with Crippen molar-refractivity contribution in [2.45, 2.75) is 12.8 Å². The van der Waals surface area contributed by atoms with Crippen molar-refractivity contribution in [3.63, 3.8) is 0 Å². The molecule has 26 heavy (non-hydrogen) atoms. The molecule has 1 aromatic carbocycles. The summed E-state index contributed by atoms with van der Waals surface area (Å²) >= 11 is 0. The number of rotatable bonds is 6. The standard InChI is InChI=1S/C17H20N4O5/c22-13-3-1-12(2-4-13)5-6-18-16(24)17-19-14(20-26-17)11-15(23)21-7-9-25-10-8-21/h1-4,22H,5-11H2,(H,18,24). The maximum atomic E-state index is 12.1. The fourth-order valence-electron chi connectivity index (χ4n) is 2.54. The molecule has 1 saturated heterocycles. The van der Waals surface area contributed by atoms with E-state index < -0.39 is 5.91 Å². The minimum absolute atomic E-state index is 0.00963. The lowest BCUT2D eigenvalue weighted by molar-refractivity contribution is -0.134. The molecule has 0 saturated carbocycles. The predicted molar refractivity (Wildman–Crippen MR) is 89.5 cm³/mol. The van der Waals surface area contributed by atoms with Gasteiger partial charge in [0.25, 0.3) is 0 Å². The minimum Gasteiger partial charge on any atom is -0.508 e. The maximum absolute atomic E-state index is 12.1. The Bertz CT molecular complexity index is 753. The third kappa shape index (κ3) is 4.79. The SMILES string of the molecule is O=C(NCCc1ccc(O)cc1)c1nc(CC(=O)N2CCOCC2)no1. The summed E-state index contributed by atoms with van der Waals surface area (Å²) in [5.41, 5.74) is 0.977. The van der Waals surface area contributed by atoms with Crippen molar-refractivity contribution >= 4 is 11.8 Å². The van der Waals surface area contributed by atoms with Crippen molar-refractivity contribution in [3.8, 4) is 5.75 Å². The molecule has 0 unspecified atom stereocenters. The molecule has 2 N–H and O–H groups in total. The highest BCUT2D eigenvalue weighted by molar-refractivity contribution is 5.89. The van der Waals surface area contributed by atoms with Crippen LogP contribution in [-0.2, 0) is 22.4 Å². The number of nitrogens with one attached hydrogen (secondary N) is 1. The summed E-state index contributed by atoms with van der Waals surface area (Å²) in [7, 11) is 0. The molecule has 1 aliphatic rings. The van der Waals surface area contributed by atoms with Crippen LogP contribution in [0.15, 0.2) is 28.8 Å². The Hall–Kier alpha value is -2.94. The van der Waals surface area contributed by atoms with Gasteiger partial charge in [-0.2, -0.15) is 4.98 Å². The molecule has 0 aliphatic carbocycles. The van der Waals surface area contributed by atoms with E-state index in [1.165, 1.54) is 0 Å². The average molecular weight is 360 g/mol. The number of morpholine rings is 1. The van der Waals surface area contributed by atoms with Gasteiger partial charge in [0.2, 0.25) is 5.91 Å². The lowest BCUT2D eigenvalue weighted by Crippen LogP contribution is -2.41. The number of ether oxygens (including phenoxy) is 1. The monoisotopic (exact) mass is 360 g/mol. The van der Waals surface area contributed by atoms with E-state index in [4.69, 9.17) is 9.26 Å². The van der Waals surface area contributed by atoms with Crippen molar-refractivity contribution in [2.24, 2.45) is 0 Å². The number of aromatic hydroxyl groups is 1. The second-order valence-electron chi connectivity index (χ2n) is 5.86. The van der Waals surface area contributed by atoms with Crippen LogP contribution >= 0.6 is 0 Å². The van der Waals surface area contributed by atoms with Crippen LogP contribution in [0.1, 0.15) is 22.1 Å². The molecular formula is C17H20N4O5. The minimum atomic E-state index is -0.485. The first-order valence-corrected chi connectivity index (χ1v) is 8.36. The summed E-state index contributed by atoms with van der Waals surface area (Å²) in [6.45, 7) is 2.51. The van der Waals surface area contributed by atoms with E-state index in [2.05, 4.69) is 15.5 Å². The number of phenols is 1. The normalized spacial score (nSPS) is 14.2. The predicted octanol–water partition coefficient (Wildman–Crippen LogP) is 0.149. The molecule has 0 atom stereocenters. The molecule has 9 nitrogen and oxygen atoms in total. The Labute approximate surface area is 149 Å². The van der Waals surface area contributed by atoms with E-state index in [9.17, 15) is 14.7 Å². The van der Waals surface area contributed by atoms with Gasteiger partial charge in [-0.15, -0.1) is 0 Å². The van der Waals surface area contributed by atoms with E-state index in [1.807, 2.05) is 0 Å². The van der Waals surface area contributed by atoms with Crippen LogP contribution in [0.2, 0.25) is 0 Å². The number of amides is 2. The summed E-state index contributed by atoms with van der Waals surface area (Å²) in [5, 5.41) is 15.6. The first-order chi connectivity index (χ1) is 12.6. The second-order valence-corrected chi connectivity index (χ2v) is 5.86. The lowest BCUT2D eigenvalue weighted by Gasteiger charge is -2.26. The molecule has 1 aliphatic heterocycles. The number of phenolic OH excluding ortho intramolecular Hbond substituents is 1. The van der Waals surface area contributed by atoms with Crippen LogP contribution < -0.4 is 5.32 Å².